The lowest BCUT2D eigenvalue weighted by atomic mass is 10.1. The SMILES string of the molecule is CC(=O)Nc1cc(-c2cncc3c2cnn3S(=O)C2CC2)ccn1. The molecule has 3 heterocycles. The van der Waals surface area contributed by atoms with Gasteiger partial charge in [-0.3, -0.25) is 9.78 Å². The number of nitrogens with one attached hydrogen (secondary N) is 1. The molecule has 7 nitrogen and oxygen atoms in total. The average molecular weight is 341 g/mol. The van der Waals surface area contributed by atoms with Gasteiger partial charge in [0.1, 0.15) is 22.3 Å². The largest absolute Gasteiger partial charge is 0.311 e. The third-order valence-electron chi connectivity index (χ3n) is 3.82. The molecule has 1 aliphatic carbocycles. The predicted octanol–water partition coefficient (Wildman–Crippen LogP) is 2.13. The van der Waals surface area contributed by atoms with E-state index in [4.69, 9.17) is 0 Å². The van der Waals surface area contributed by atoms with Crippen molar-refractivity contribution in [3.8, 4) is 11.1 Å². The number of carbonyl (C=O) groups excluding carboxylic acids is 1. The number of amides is 1. The first-order valence-corrected chi connectivity index (χ1v) is 8.77. The highest BCUT2D eigenvalue weighted by molar-refractivity contribution is 7.84. The number of rotatable bonds is 4. The molecular weight excluding hydrogens is 326 g/mol. The summed E-state index contributed by atoms with van der Waals surface area (Å²) in [6.45, 7) is 1.44. The maximum atomic E-state index is 12.4. The van der Waals surface area contributed by atoms with Gasteiger partial charge in [-0.2, -0.15) is 9.19 Å². The summed E-state index contributed by atoms with van der Waals surface area (Å²) in [6, 6.07) is 3.63. The van der Waals surface area contributed by atoms with Crippen molar-refractivity contribution >= 4 is 33.6 Å². The molecule has 24 heavy (non-hydrogen) atoms. The van der Waals surface area contributed by atoms with Crippen molar-refractivity contribution in [2.24, 2.45) is 0 Å². The quantitative estimate of drug-likeness (QED) is 0.785. The zero-order chi connectivity index (χ0) is 16.7. The number of hydrogen-bond donors (Lipinski definition) is 1. The van der Waals surface area contributed by atoms with Gasteiger partial charge in [0.15, 0.2) is 0 Å². The maximum Gasteiger partial charge on any atom is 0.222 e. The number of anilines is 1. The lowest BCUT2D eigenvalue weighted by Crippen LogP contribution is -2.10. The minimum Gasteiger partial charge on any atom is -0.311 e. The number of carbonyl (C=O) groups is 1. The van der Waals surface area contributed by atoms with E-state index >= 15 is 0 Å². The van der Waals surface area contributed by atoms with Gasteiger partial charge in [0, 0.05) is 30.3 Å². The summed E-state index contributed by atoms with van der Waals surface area (Å²) in [5.41, 5.74) is 2.47. The summed E-state index contributed by atoms with van der Waals surface area (Å²) >= 11 is 0. The molecule has 1 aliphatic rings. The number of nitrogens with zero attached hydrogens (tertiary/aromatic N) is 4. The van der Waals surface area contributed by atoms with Gasteiger partial charge >= 0.3 is 0 Å². The molecule has 0 spiro atoms. The van der Waals surface area contributed by atoms with Crippen LogP contribution >= 0.6 is 0 Å². The van der Waals surface area contributed by atoms with Crippen LogP contribution in [0.3, 0.4) is 0 Å². The summed E-state index contributed by atoms with van der Waals surface area (Å²) in [5.74, 6) is 0.301. The van der Waals surface area contributed by atoms with Crippen molar-refractivity contribution in [1.82, 2.24) is 19.2 Å². The minimum atomic E-state index is -1.15. The molecule has 1 saturated carbocycles. The Balaban J connectivity index is 1.80. The summed E-state index contributed by atoms with van der Waals surface area (Å²) in [4.78, 5) is 19.6. The number of pyridine rings is 2. The Hall–Kier alpha value is -2.61. The molecule has 1 amide bonds. The molecular formula is C16H15N5O2S. The standard InChI is InChI=1S/C16H15N5O2S/c1-10(22)20-16-6-11(4-5-18-16)13-7-17-9-15-14(13)8-19-21(15)24(23)12-2-3-12/h4-9,12H,2-3H2,1H3,(H,18,20,22). The lowest BCUT2D eigenvalue weighted by molar-refractivity contribution is -0.114. The molecule has 1 unspecified atom stereocenters. The van der Waals surface area contributed by atoms with Crippen molar-refractivity contribution in [3.05, 3.63) is 36.9 Å². The normalized spacial score (nSPS) is 15.4. The fraction of sp³-hybridized carbons (Fsp3) is 0.250. The Kier molecular flexibility index (Phi) is 3.61. The Morgan fingerprint density at radius 3 is 2.92 bits per heavy atom. The molecule has 122 valence electrons. The Morgan fingerprint density at radius 1 is 1.33 bits per heavy atom. The summed E-state index contributed by atoms with van der Waals surface area (Å²) in [5, 5.41) is 8.05. The molecule has 0 bridgehead atoms. The van der Waals surface area contributed by atoms with Crippen LogP contribution in [0, 0.1) is 0 Å². The molecule has 0 saturated heterocycles. The van der Waals surface area contributed by atoms with E-state index in [0.29, 0.717) is 5.82 Å². The molecule has 3 aromatic heterocycles. The van der Waals surface area contributed by atoms with Crippen LogP contribution in [0.1, 0.15) is 19.8 Å². The second-order valence-electron chi connectivity index (χ2n) is 5.72. The summed E-state index contributed by atoms with van der Waals surface area (Å²) in [6.07, 6.45) is 8.72. The van der Waals surface area contributed by atoms with Gasteiger partial charge in [-0.05, 0) is 30.5 Å². The average Bonchev–Trinajstić information content (AvgIpc) is 3.32. The van der Waals surface area contributed by atoms with Gasteiger partial charge in [0.2, 0.25) is 5.91 Å². The van der Waals surface area contributed by atoms with Gasteiger partial charge in [-0.1, -0.05) is 0 Å². The van der Waals surface area contributed by atoms with E-state index in [1.54, 1.807) is 34.9 Å². The van der Waals surface area contributed by atoms with Crippen LogP contribution in [0.5, 0.6) is 0 Å². The van der Waals surface area contributed by atoms with Gasteiger partial charge in [0.25, 0.3) is 0 Å². The van der Waals surface area contributed by atoms with Crippen LogP contribution in [0.15, 0.2) is 36.9 Å². The lowest BCUT2D eigenvalue weighted by Gasteiger charge is -2.06. The van der Waals surface area contributed by atoms with Crippen molar-refractivity contribution in [2.75, 3.05) is 5.32 Å². The fourth-order valence-corrected chi connectivity index (χ4v) is 3.85. The van der Waals surface area contributed by atoms with Gasteiger partial charge < -0.3 is 5.32 Å². The Labute approximate surface area is 140 Å². The minimum absolute atomic E-state index is 0.177. The first-order valence-electron chi connectivity index (χ1n) is 7.60. The van der Waals surface area contributed by atoms with E-state index in [1.165, 1.54) is 6.92 Å². The van der Waals surface area contributed by atoms with Crippen molar-refractivity contribution in [3.63, 3.8) is 0 Å². The first-order chi connectivity index (χ1) is 11.6. The van der Waals surface area contributed by atoms with Crippen molar-refractivity contribution < 1.29 is 9.00 Å². The molecule has 0 radical (unpaired) electrons. The van der Waals surface area contributed by atoms with Gasteiger partial charge in [0.05, 0.1) is 17.6 Å². The molecule has 3 aromatic rings. The van der Waals surface area contributed by atoms with E-state index in [9.17, 15) is 9.00 Å². The van der Waals surface area contributed by atoms with E-state index in [-0.39, 0.29) is 11.2 Å². The Bertz CT molecular complexity index is 964. The molecule has 1 fully saturated rings. The molecule has 4 rings (SSSR count). The summed E-state index contributed by atoms with van der Waals surface area (Å²) < 4.78 is 14.0. The molecule has 1 N–H and O–H groups in total. The van der Waals surface area contributed by atoms with Crippen LogP contribution in [-0.4, -0.2) is 34.5 Å². The second-order valence-corrected chi connectivity index (χ2v) is 7.29. The van der Waals surface area contributed by atoms with Crippen LogP contribution in [0.4, 0.5) is 5.82 Å². The van der Waals surface area contributed by atoms with E-state index < -0.39 is 11.0 Å². The molecule has 8 heteroatoms. The van der Waals surface area contributed by atoms with Crippen LogP contribution < -0.4 is 5.32 Å². The highest BCUT2D eigenvalue weighted by Crippen LogP contribution is 2.32. The Morgan fingerprint density at radius 2 is 2.17 bits per heavy atom. The fourth-order valence-electron chi connectivity index (χ4n) is 2.55. The monoisotopic (exact) mass is 341 g/mol. The first kappa shape index (κ1) is 14.9. The third kappa shape index (κ3) is 2.69. The maximum absolute atomic E-state index is 12.4. The van der Waals surface area contributed by atoms with Crippen LogP contribution in [0.2, 0.25) is 0 Å². The molecule has 0 aliphatic heterocycles. The van der Waals surface area contributed by atoms with Gasteiger partial charge in [-0.15, -0.1) is 0 Å². The van der Waals surface area contributed by atoms with E-state index in [0.717, 1.165) is 34.9 Å². The van der Waals surface area contributed by atoms with E-state index in [1.807, 2.05) is 6.07 Å². The summed E-state index contributed by atoms with van der Waals surface area (Å²) in [7, 11) is -1.15. The van der Waals surface area contributed by atoms with Crippen LogP contribution in [-0.2, 0) is 15.8 Å². The second kappa shape index (κ2) is 5.79. The van der Waals surface area contributed by atoms with E-state index in [2.05, 4.69) is 20.4 Å². The predicted molar refractivity (Wildman–Crippen MR) is 91.6 cm³/mol. The highest BCUT2D eigenvalue weighted by atomic mass is 32.2. The number of fused-ring (bicyclic) bond motifs is 1. The molecule has 1 atom stereocenters. The number of aromatic nitrogens is 4. The van der Waals surface area contributed by atoms with Crippen LogP contribution in [0.25, 0.3) is 22.0 Å². The number of hydrogen-bond acceptors (Lipinski definition) is 5. The topological polar surface area (TPSA) is 89.8 Å². The van der Waals surface area contributed by atoms with Gasteiger partial charge in [-0.25, -0.2) is 9.19 Å². The zero-order valence-electron chi connectivity index (χ0n) is 13.0. The zero-order valence-corrected chi connectivity index (χ0v) is 13.8. The smallest absolute Gasteiger partial charge is 0.222 e. The van der Waals surface area contributed by atoms with Crippen molar-refractivity contribution in [2.45, 2.75) is 25.0 Å². The third-order valence-corrected chi connectivity index (χ3v) is 5.49. The highest BCUT2D eigenvalue weighted by Gasteiger charge is 2.31. The molecule has 0 aromatic carbocycles. The van der Waals surface area contributed by atoms with Crippen molar-refractivity contribution in [1.29, 1.82) is 0 Å².